The molecule has 1 aromatic heterocycles. The molecular weight excluding hydrogens is 556 g/mol. The van der Waals surface area contributed by atoms with Crippen molar-refractivity contribution in [1.29, 1.82) is 0 Å². The Balaban J connectivity index is 1.26. The summed E-state index contributed by atoms with van der Waals surface area (Å²) in [6.45, 7) is 0. The molecule has 0 spiro atoms. The first kappa shape index (κ1) is 25.4. The highest BCUT2D eigenvalue weighted by Gasteiger charge is 2.46. The monoisotopic (exact) mass is 584 g/mol. The highest BCUT2D eigenvalue weighted by molar-refractivity contribution is 6.11. The number of hydrogen-bond acceptors (Lipinski definition) is 1. The molecule has 0 fully saturated rings. The molecule has 0 atom stereocenters. The Labute approximate surface area is 267 Å². The average molecular weight is 585 g/mol. The summed E-state index contributed by atoms with van der Waals surface area (Å²) in [5.41, 5.74) is 11.6. The maximum Gasteiger partial charge on any atom is 0.136 e. The SMILES string of the molecule is c1ccc(C2(c3ccccc3)c3ccccc3-c3ccc4ccc(-c5ccc6oc7cc8ccccc8cc7c6c5)cc4c32)cc1. The lowest BCUT2D eigenvalue weighted by Gasteiger charge is -2.34. The Kier molecular flexibility index (Phi) is 5.27. The lowest BCUT2D eigenvalue weighted by molar-refractivity contribution is 0.669. The summed E-state index contributed by atoms with van der Waals surface area (Å²) in [7, 11) is 0. The van der Waals surface area contributed by atoms with Gasteiger partial charge in [-0.3, -0.25) is 0 Å². The second-order valence-corrected chi connectivity index (χ2v) is 12.5. The van der Waals surface area contributed by atoms with Crippen molar-refractivity contribution in [3.63, 3.8) is 0 Å². The molecular formula is C45H28O. The molecule has 10 rings (SSSR count). The average Bonchev–Trinajstić information content (AvgIpc) is 3.64. The molecule has 0 aliphatic heterocycles. The third kappa shape index (κ3) is 3.46. The van der Waals surface area contributed by atoms with Crippen molar-refractivity contribution in [2.45, 2.75) is 5.41 Å². The maximum absolute atomic E-state index is 6.34. The van der Waals surface area contributed by atoms with E-state index in [-0.39, 0.29) is 0 Å². The summed E-state index contributed by atoms with van der Waals surface area (Å²) in [5.74, 6) is 0. The molecule has 0 radical (unpaired) electrons. The maximum atomic E-state index is 6.34. The quantitative estimate of drug-likeness (QED) is 0.201. The number of fused-ring (bicyclic) bond motifs is 9. The van der Waals surface area contributed by atoms with Crippen LogP contribution in [0.4, 0.5) is 0 Å². The minimum absolute atomic E-state index is 0.446. The predicted molar refractivity (Wildman–Crippen MR) is 191 cm³/mol. The van der Waals surface area contributed by atoms with Gasteiger partial charge in [0.1, 0.15) is 11.2 Å². The van der Waals surface area contributed by atoms with Gasteiger partial charge in [0.2, 0.25) is 0 Å². The van der Waals surface area contributed by atoms with E-state index in [9.17, 15) is 0 Å². The normalized spacial score (nSPS) is 13.4. The van der Waals surface area contributed by atoms with Gasteiger partial charge in [-0.1, -0.05) is 140 Å². The summed E-state index contributed by atoms with van der Waals surface area (Å²) in [5, 5.41) is 7.24. The zero-order valence-corrected chi connectivity index (χ0v) is 25.1. The van der Waals surface area contributed by atoms with Gasteiger partial charge in [0.15, 0.2) is 0 Å². The Bertz CT molecular complexity index is 2590. The molecule has 0 unspecified atom stereocenters. The van der Waals surface area contributed by atoms with Gasteiger partial charge >= 0.3 is 0 Å². The highest BCUT2D eigenvalue weighted by atomic mass is 16.3. The van der Waals surface area contributed by atoms with E-state index < -0.39 is 5.41 Å². The van der Waals surface area contributed by atoms with Crippen LogP contribution in [-0.2, 0) is 5.41 Å². The van der Waals surface area contributed by atoms with E-state index in [4.69, 9.17) is 4.42 Å². The molecule has 46 heavy (non-hydrogen) atoms. The third-order valence-corrected chi connectivity index (χ3v) is 10.1. The Morgan fingerprint density at radius 1 is 0.370 bits per heavy atom. The van der Waals surface area contributed by atoms with Crippen LogP contribution >= 0.6 is 0 Å². The van der Waals surface area contributed by atoms with Crippen molar-refractivity contribution in [1.82, 2.24) is 0 Å². The molecule has 0 amide bonds. The van der Waals surface area contributed by atoms with E-state index in [1.165, 1.54) is 66.1 Å². The van der Waals surface area contributed by atoms with Crippen LogP contribution in [0.25, 0.3) is 65.7 Å². The van der Waals surface area contributed by atoms with Gasteiger partial charge in [-0.05, 0) is 96.4 Å². The number of benzene rings is 8. The molecule has 1 nitrogen and oxygen atoms in total. The van der Waals surface area contributed by atoms with E-state index in [1.54, 1.807) is 0 Å². The van der Waals surface area contributed by atoms with Gasteiger partial charge in [0.05, 0.1) is 5.41 Å². The molecule has 9 aromatic rings. The molecule has 0 saturated carbocycles. The Hall–Kier alpha value is -5.92. The summed E-state index contributed by atoms with van der Waals surface area (Å²) in [4.78, 5) is 0. The molecule has 0 saturated heterocycles. The first-order chi connectivity index (χ1) is 22.8. The lowest BCUT2D eigenvalue weighted by atomic mass is 9.66. The smallest absolute Gasteiger partial charge is 0.136 e. The van der Waals surface area contributed by atoms with Crippen molar-refractivity contribution < 1.29 is 4.42 Å². The predicted octanol–water partition coefficient (Wildman–Crippen LogP) is 11.9. The first-order valence-electron chi connectivity index (χ1n) is 15.9. The van der Waals surface area contributed by atoms with Crippen LogP contribution in [0.1, 0.15) is 22.3 Å². The Morgan fingerprint density at radius 2 is 0.957 bits per heavy atom. The van der Waals surface area contributed by atoms with E-state index in [0.717, 1.165) is 21.9 Å². The molecule has 214 valence electrons. The van der Waals surface area contributed by atoms with Crippen molar-refractivity contribution in [3.05, 3.63) is 192 Å². The fraction of sp³-hybridized carbons (Fsp3) is 0.0222. The number of hydrogen-bond donors (Lipinski definition) is 0. The van der Waals surface area contributed by atoms with Gasteiger partial charge in [0, 0.05) is 10.8 Å². The Morgan fingerprint density at radius 3 is 1.72 bits per heavy atom. The van der Waals surface area contributed by atoms with Crippen LogP contribution < -0.4 is 0 Å². The zero-order chi connectivity index (χ0) is 30.2. The van der Waals surface area contributed by atoms with Gasteiger partial charge in [0.25, 0.3) is 0 Å². The van der Waals surface area contributed by atoms with Crippen molar-refractivity contribution in [2.75, 3.05) is 0 Å². The zero-order valence-electron chi connectivity index (χ0n) is 25.1. The summed E-state index contributed by atoms with van der Waals surface area (Å²) in [6, 6.07) is 62.2. The van der Waals surface area contributed by atoms with Crippen molar-refractivity contribution >= 4 is 43.5 Å². The molecule has 0 bridgehead atoms. The van der Waals surface area contributed by atoms with E-state index in [0.29, 0.717) is 0 Å². The van der Waals surface area contributed by atoms with Crippen LogP contribution in [0.5, 0.6) is 0 Å². The minimum Gasteiger partial charge on any atom is -0.456 e. The van der Waals surface area contributed by atoms with Gasteiger partial charge in [-0.15, -0.1) is 0 Å². The van der Waals surface area contributed by atoms with Gasteiger partial charge in [-0.2, -0.15) is 0 Å². The fourth-order valence-electron chi connectivity index (χ4n) is 8.09. The molecule has 1 aliphatic rings. The summed E-state index contributed by atoms with van der Waals surface area (Å²) in [6.07, 6.45) is 0. The topological polar surface area (TPSA) is 13.1 Å². The van der Waals surface area contributed by atoms with E-state index >= 15 is 0 Å². The molecule has 1 heteroatoms. The summed E-state index contributed by atoms with van der Waals surface area (Å²) >= 11 is 0. The number of rotatable bonds is 3. The molecule has 8 aromatic carbocycles. The van der Waals surface area contributed by atoms with Crippen LogP contribution in [0.3, 0.4) is 0 Å². The highest BCUT2D eigenvalue weighted by Crippen LogP contribution is 2.58. The molecule has 1 aliphatic carbocycles. The lowest BCUT2D eigenvalue weighted by Crippen LogP contribution is -2.28. The van der Waals surface area contributed by atoms with E-state index in [1.807, 2.05) is 0 Å². The third-order valence-electron chi connectivity index (χ3n) is 10.1. The largest absolute Gasteiger partial charge is 0.456 e. The van der Waals surface area contributed by atoms with Gasteiger partial charge < -0.3 is 4.42 Å². The van der Waals surface area contributed by atoms with Crippen LogP contribution in [0.2, 0.25) is 0 Å². The van der Waals surface area contributed by atoms with Gasteiger partial charge in [-0.25, -0.2) is 0 Å². The van der Waals surface area contributed by atoms with Crippen LogP contribution in [-0.4, -0.2) is 0 Å². The first-order valence-corrected chi connectivity index (χ1v) is 15.9. The number of furan rings is 1. The van der Waals surface area contributed by atoms with E-state index in [2.05, 4.69) is 170 Å². The van der Waals surface area contributed by atoms with Crippen LogP contribution in [0, 0.1) is 0 Å². The minimum atomic E-state index is -0.446. The molecule has 0 N–H and O–H groups in total. The second-order valence-electron chi connectivity index (χ2n) is 12.5. The fourth-order valence-corrected chi connectivity index (χ4v) is 8.09. The van der Waals surface area contributed by atoms with Crippen LogP contribution in [0.15, 0.2) is 174 Å². The second kappa shape index (κ2) is 9.54. The molecule has 1 heterocycles. The summed E-state index contributed by atoms with van der Waals surface area (Å²) < 4.78 is 6.34. The van der Waals surface area contributed by atoms with Crippen molar-refractivity contribution in [2.24, 2.45) is 0 Å². The standard InChI is InChI=1S/C45H28O/c1-3-13-34(14-4-1)45(35-15-5-2-6-16-35)41-18-10-9-17-36(41)37-23-21-29-19-20-32(25-38(29)44(37)45)33-22-24-42-39(27-33)40-26-30-11-7-8-12-31(30)28-43(40)46-42/h1-28H. The van der Waals surface area contributed by atoms with Crippen molar-refractivity contribution in [3.8, 4) is 22.3 Å².